The lowest BCUT2D eigenvalue weighted by molar-refractivity contribution is -0.226. The fourth-order valence-electron chi connectivity index (χ4n) is 2.47. The maximum absolute atomic E-state index is 12.9. The van der Waals surface area contributed by atoms with Gasteiger partial charge < -0.3 is 9.47 Å². The Morgan fingerprint density at radius 1 is 1.38 bits per heavy atom. The first kappa shape index (κ1) is 12.1. The summed E-state index contributed by atoms with van der Waals surface area (Å²) in [6.07, 6.45) is 6.09. The Morgan fingerprint density at radius 2 is 2.12 bits per heavy atom. The van der Waals surface area contributed by atoms with Crippen LogP contribution in [0.25, 0.3) is 0 Å². The van der Waals surface area contributed by atoms with E-state index in [1.54, 1.807) is 6.08 Å². The predicted molar refractivity (Wildman–Crippen MR) is 60.6 cm³/mol. The minimum Gasteiger partial charge on any atom is -0.352 e. The standard InChI is InChI=1S/C13H21FO2/c1-2-3-10-8-15-13(16-9-10)11-4-6-12(14)7-5-11/h6,10-11,13H,2-5,7-9H2,1H3/t10-,11?,13-. The van der Waals surface area contributed by atoms with Gasteiger partial charge in [-0.1, -0.05) is 19.4 Å². The van der Waals surface area contributed by atoms with E-state index in [2.05, 4.69) is 6.92 Å². The van der Waals surface area contributed by atoms with Gasteiger partial charge in [-0.25, -0.2) is 4.39 Å². The van der Waals surface area contributed by atoms with Gasteiger partial charge in [0.15, 0.2) is 6.29 Å². The quantitative estimate of drug-likeness (QED) is 0.736. The van der Waals surface area contributed by atoms with Crippen LogP contribution in [0.1, 0.15) is 39.0 Å². The third kappa shape index (κ3) is 3.05. The van der Waals surface area contributed by atoms with Crippen LogP contribution in [0, 0.1) is 11.8 Å². The highest BCUT2D eigenvalue weighted by Gasteiger charge is 2.29. The van der Waals surface area contributed by atoms with Crippen molar-refractivity contribution in [1.82, 2.24) is 0 Å². The van der Waals surface area contributed by atoms with Gasteiger partial charge in [0, 0.05) is 11.8 Å². The summed E-state index contributed by atoms with van der Waals surface area (Å²) in [6, 6.07) is 0. The molecule has 1 heterocycles. The number of hydrogen-bond acceptors (Lipinski definition) is 2. The highest BCUT2D eigenvalue weighted by Crippen LogP contribution is 2.31. The van der Waals surface area contributed by atoms with Gasteiger partial charge in [0.05, 0.1) is 19.0 Å². The maximum atomic E-state index is 12.9. The summed E-state index contributed by atoms with van der Waals surface area (Å²) in [5.74, 6) is 0.926. The highest BCUT2D eigenvalue weighted by molar-refractivity contribution is 4.98. The third-order valence-electron chi connectivity index (χ3n) is 3.47. The summed E-state index contributed by atoms with van der Waals surface area (Å²) in [5.41, 5.74) is 0. The molecular weight excluding hydrogens is 207 g/mol. The molecule has 1 fully saturated rings. The van der Waals surface area contributed by atoms with Crippen molar-refractivity contribution < 1.29 is 13.9 Å². The van der Waals surface area contributed by atoms with E-state index in [1.165, 1.54) is 12.8 Å². The number of allylic oxidation sites excluding steroid dienone is 2. The number of hydrogen-bond donors (Lipinski definition) is 0. The molecule has 2 rings (SSSR count). The normalized spacial score (nSPS) is 35.9. The topological polar surface area (TPSA) is 18.5 Å². The molecule has 2 aliphatic rings. The Balaban J connectivity index is 1.76. The summed E-state index contributed by atoms with van der Waals surface area (Å²) in [4.78, 5) is 0. The van der Waals surface area contributed by atoms with Crippen molar-refractivity contribution in [2.24, 2.45) is 11.8 Å². The second kappa shape index (κ2) is 5.78. The minimum atomic E-state index is -0.0996. The van der Waals surface area contributed by atoms with Crippen LogP contribution in [0.4, 0.5) is 4.39 Å². The van der Waals surface area contributed by atoms with Crippen LogP contribution in [0.2, 0.25) is 0 Å². The Labute approximate surface area is 96.8 Å². The first-order valence-corrected chi connectivity index (χ1v) is 6.37. The summed E-state index contributed by atoms with van der Waals surface area (Å²) in [6.45, 7) is 3.79. The Bertz CT molecular complexity index is 244. The fraction of sp³-hybridized carbons (Fsp3) is 0.846. The summed E-state index contributed by atoms with van der Waals surface area (Å²) >= 11 is 0. The average molecular weight is 228 g/mol. The molecule has 1 aliphatic heterocycles. The second-order valence-electron chi connectivity index (χ2n) is 4.88. The molecule has 0 aromatic rings. The molecule has 1 atom stereocenters. The summed E-state index contributed by atoms with van der Waals surface area (Å²) in [7, 11) is 0. The summed E-state index contributed by atoms with van der Waals surface area (Å²) < 4.78 is 24.4. The van der Waals surface area contributed by atoms with Crippen LogP contribution in [-0.2, 0) is 9.47 Å². The van der Waals surface area contributed by atoms with Gasteiger partial charge in [-0.3, -0.25) is 0 Å². The van der Waals surface area contributed by atoms with Gasteiger partial charge >= 0.3 is 0 Å². The zero-order chi connectivity index (χ0) is 11.4. The Morgan fingerprint density at radius 3 is 2.69 bits per heavy atom. The van der Waals surface area contributed by atoms with Crippen LogP contribution in [0.15, 0.2) is 11.9 Å². The molecule has 3 heteroatoms. The lowest BCUT2D eigenvalue weighted by atomic mass is 9.92. The molecule has 1 aliphatic carbocycles. The van der Waals surface area contributed by atoms with Crippen LogP contribution >= 0.6 is 0 Å². The number of rotatable bonds is 3. The molecule has 16 heavy (non-hydrogen) atoms. The maximum Gasteiger partial charge on any atom is 0.160 e. The van der Waals surface area contributed by atoms with Crippen LogP contribution in [-0.4, -0.2) is 19.5 Å². The van der Waals surface area contributed by atoms with Crippen molar-refractivity contribution >= 4 is 0 Å². The zero-order valence-electron chi connectivity index (χ0n) is 9.95. The van der Waals surface area contributed by atoms with Gasteiger partial charge in [0.1, 0.15) is 0 Å². The minimum absolute atomic E-state index is 0.0240. The van der Waals surface area contributed by atoms with Crippen molar-refractivity contribution in [3.8, 4) is 0 Å². The van der Waals surface area contributed by atoms with Crippen LogP contribution in [0.5, 0.6) is 0 Å². The van der Waals surface area contributed by atoms with Crippen molar-refractivity contribution in [2.45, 2.75) is 45.3 Å². The van der Waals surface area contributed by atoms with E-state index >= 15 is 0 Å². The fourth-order valence-corrected chi connectivity index (χ4v) is 2.47. The van der Waals surface area contributed by atoms with Crippen molar-refractivity contribution in [1.29, 1.82) is 0 Å². The first-order valence-electron chi connectivity index (χ1n) is 6.37. The van der Waals surface area contributed by atoms with E-state index in [0.29, 0.717) is 18.3 Å². The smallest absolute Gasteiger partial charge is 0.160 e. The van der Waals surface area contributed by atoms with Crippen molar-refractivity contribution in [2.75, 3.05) is 13.2 Å². The molecule has 0 radical (unpaired) electrons. The highest BCUT2D eigenvalue weighted by atomic mass is 19.1. The van der Waals surface area contributed by atoms with Gasteiger partial charge in [-0.2, -0.15) is 0 Å². The van der Waals surface area contributed by atoms with E-state index in [4.69, 9.17) is 9.47 Å². The van der Waals surface area contributed by atoms with Crippen LogP contribution < -0.4 is 0 Å². The Kier molecular flexibility index (Phi) is 4.36. The predicted octanol–water partition coefficient (Wildman–Crippen LogP) is 3.43. The van der Waals surface area contributed by atoms with Crippen molar-refractivity contribution in [3.63, 3.8) is 0 Å². The molecule has 1 unspecified atom stereocenters. The average Bonchev–Trinajstić information content (AvgIpc) is 2.32. The molecule has 0 N–H and O–H groups in total. The van der Waals surface area contributed by atoms with Gasteiger partial charge in [-0.15, -0.1) is 0 Å². The summed E-state index contributed by atoms with van der Waals surface area (Å²) in [5, 5.41) is 0. The van der Waals surface area contributed by atoms with E-state index in [-0.39, 0.29) is 12.1 Å². The molecule has 0 spiro atoms. The monoisotopic (exact) mass is 228 g/mol. The second-order valence-corrected chi connectivity index (χ2v) is 4.88. The first-order chi connectivity index (χ1) is 7.79. The van der Waals surface area contributed by atoms with Gasteiger partial charge in [-0.05, 0) is 25.7 Å². The van der Waals surface area contributed by atoms with E-state index in [9.17, 15) is 4.39 Å². The van der Waals surface area contributed by atoms with Crippen molar-refractivity contribution in [3.05, 3.63) is 11.9 Å². The molecule has 0 aromatic carbocycles. The molecule has 2 nitrogen and oxygen atoms in total. The van der Waals surface area contributed by atoms with Gasteiger partial charge in [0.2, 0.25) is 0 Å². The molecule has 1 saturated heterocycles. The molecule has 0 bridgehead atoms. The van der Waals surface area contributed by atoms with E-state index in [0.717, 1.165) is 26.1 Å². The van der Waals surface area contributed by atoms with Gasteiger partial charge in [0.25, 0.3) is 0 Å². The largest absolute Gasteiger partial charge is 0.352 e. The number of ether oxygens (including phenoxy) is 2. The Hall–Kier alpha value is -0.410. The lowest BCUT2D eigenvalue weighted by Crippen LogP contribution is -2.37. The van der Waals surface area contributed by atoms with E-state index in [1.807, 2.05) is 0 Å². The van der Waals surface area contributed by atoms with Crippen LogP contribution in [0.3, 0.4) is 0 Å². The molecular formula is C13H21FO2. The molecule has 0 aromatic heterocycles. The SMILES string of the molecule is CCC[C@H]1CO[C@H](C2CC=C(F)CC2)OC1. The molecule has 0 amide bonds. The third-order valence-corrected chi connectivity index (χ3v) is 3.47. The van der Waals surface area contributed by atoms with E-state index < -0.39 is 0 Å². The number of halogens is 1. The molecule has 0 saturated carbocycles. The molecule has 92 valence electrons. The zero-order valence-corrected chi connectivity index (χ0v) is 9.95. The lowest BCUT2D eigenvalue weighted by Gasteiger charge is -2.34.